The molecule has 0 saturated carbocycles. The molecular formula is C8H14O5. The third-order valence-corrected chi connectivity index (χ3v) is 2.23. The van der Waals surface area contributed by atoms with Gasteiger partial charge in [0.2, 0.25) is 0 Å². The Labute approximate surface area is 75.9 Å². The van der Waals surface area contributed by atoms with Crippen LogP contribution in [0.1, 0.15) is 0 Å². The van der Waals surface area contributed by atoms with Crippen LogP contribution in [0.15, 0.2) is 12.7 Å². The van der Waals surface area contributed by atoms with Crippen LogP contribution in [-0.2, 0) is 4.74 Å². The first-order valence-corrected chi connectivity index (χ1v) is 4.05. The van der Waals surface area contributed by atoms with Gasteiger partial charge in [-0.1, -0.05) is 6.08 Å². The summed E-state index contributed by atoms with van der Waals surface area (Å²) in [7, 11) is 0. The third-order valence-electron chi connectivity index (χ3n) is 2.23. The second kappa shape index (κ2) is 4.17. The molecule has 0 aliphatic carbocycles. The van der Waals surface area contributed by atoms with Crippen LogP contribution in [0.3, 0.4) is 0 Å². The molecule has 0 unspecified atom stereocenters. The second-order valence-electron chi connectivity index (χ2n) is 3.04. The zero-order valence-corrected chi connectivity index (χ0v) is 7.08. The summed E-state index contributed by atoms with van der Waals surface area (Å²) in [5.74, 6) is -0.566. The van der Waals surface area contributed by atoms with E-state index >= 15 is 0 Å². The highest BCUT2D eigenvalue weighted by atomic mass is 16.6. The van der Waals surface area contributed by atoms with Crippen molar-refractivity contribution in [2.24, 2.45) is 5.92 Å². The largest absolute Gasteiger partial charge is 0.394 e. The molecule has 0 bridgehead atoms. The van der Waals surface area contributed by atoms with Gasteiger partial charge < -0.3 is 25.2 Å². The molecule has 1 aliphatic rings. The molecule has 13 heavy (non-hydrogen) atoms. The molecule has 5 heteroatoms. The molecule has 0 aromatic heterocycles. The van der Waals surface area contributed by atoms with E-state index in [2.05, 4.69) is 6.58 Å². The van der Waals surface area contributed by atoms with Gasteiger partial charge in [-0.25, -0.2) is 0 Å². The van der Waals surface area contributed by atoms with E-state index < -0.39 is 30.5 Å². The van der Waals surface area contributed by atoms with Crippen molar-refractivity contribution < 1.29 is 25.2 Å². The topological polar surface area (TPSA) is 90.2 Å². The molecule has 0 amide bonds. The number of hydrogen-bond acceptors (Lipinski definition) is 5. The maximum atomic E-state index is 9.44. The fourth-order valence-corrected chi connectivity index (χ4v) is 1.42. The van der Waals surface area contributed by atoms with Gasteiger partial charge in [0.1, 0.15) is 6.10 Å². The summed E-state index contributed by atoms with van der Waals surface area (Å²) >= 11 is 0. The second-order valence-corrected chi connectivity index (χ2v) is 3.04. The highest BCUT2D eigenvalue weighted by molar-refractivity contribution is 4.97. The van der Waals surface area contributed by atoms with Crippen molar-refractivity contribution in [1.82, 2.24) is 0 Å². The predicted molar refractivity (Wildman–Crippen MR) is 43.7 cm³/mol. The minimum absolute atomic E-state index is 0.336. The molecule has 4 N–H and O–H groups in total. The normalized spacial score (nSPS) is 46.0. The van der Waals surface area contributed by atoms with Crippen molar-refractivity contribution in [2.45, 2.75) is 24.6 Å². The molecule has 1 fully saturated rings. The van der Waals surface area contributed by atoms with Gasteiger partial charge in [-0.05, 0) is 0 Å². The Hall–Kier alpha value is -0.460. The Balaban J connectivity index is 2.74. The Morgan fingerprint density at radius 2 is 1.85 bits per heavy atom. The average Bonchev–Trinajstić information content (AvgIpc) is 2.13. The third kappa shape index (κ3) is 1.90. The number of aliphatic hydroxyl groups excluding tert-OH is 4. The lowest BCUT2D eigenvalue weighted by Gasteiger charge is -2.38. The van der Waals surface area contributed by atoms with Gasteiger partial charge in [0.25, 0.3) is 0 Å². The van der Waals surface area contributed by atoms with Crippen LogP contribution in [0.5, 0.6) is 0 Å². The van der Waals surface area contributed by atoms with E-state index in [1.165, 1.54) is 6.08 Å². The van der Waals surface area contributed by atoms with Gasteiger partial charge in [0.15, 0.2) is 6.29 Å². The molecule has 1 saturated heterocycles. The Kier molecular flexibility index (Phi) is 3.40. The fraction of sp³-hybridized carbons (Fsp3) is 0.750. The minimum atomic E-state index is -1.46. The summed E-state index contributed by atoms with van der Waals surface area (Å²) in [6.07, 6.45) is -3.29. The van der Waals surface area contributed by atoms with Crippen LogP contribution < -0.4 is 0 Å². The van der Waals surface area contributed by atoms with Crippen LogP contribution in [0.25, 0.3) is 0 Å². The van der Waals surface area contributed by atoms with E-state index in [1.54, 1.807) is 0 Å². The average molecular weight is 190 g/mol. The summed E-state index contributed by atoms with van der Waals surface area (Å²) in [5.41, 5.74) is 0. The maximum absolute atomic E-state index is 9.44. The van der Waals surface area contributed by atoms with Gasteiger partial charge in [0.05, 0.1) is 18.8 Å². The van der Waals surface area contributed by atoms with Crippen molar-refractivity contribution >= 4 is 0 Å². The van der Waals surface area contributed by atoms with E-state index in [4.69, 9.17) is 14.9 Å². The first-order chi connectivity index (χ1) is 6.11. The van der Waals surface area contributed by atoms with Crippen LogP contribution in [0.2, 0.25) is 0 Å². The lowest BCUT2D eigenvalue weighted by molar-refractivity contribution is -0.266. The summed E-state index contributed by atoms with van der Waals surface area (Å²) < 4.78 is 4.85. The van der Waals surface area contributed by atoms with Crippen molar-refractivity contribution in [2.75, 3.05) is 6.61 Å². The SMILES string of the molecule is C=C[C@H]1[C@H](O)[C@@H](O)[C@H](O)O[C@@H]1CO. The summed E-state index contributed by atoms with van der Waals surface area (Å²) in [4.78, 5) is 0. The van der Waals surface area contributed by atoms with Crippen LogP contribution in [-0.4, -0.2) is 51.6 Å². The van der Waals surface area contributed by atoms with E-state index in [0.29, 0.717) is 0 Å². The van der Waals surface area contributed by atoms with Gasteiger partial charge in [-0.2, -0.15) is 0 Å². The van der Waals surface area contributed by atoms with Crippen molar-refractivity contribution in [1.29, 1.82) is 0 Å². The lowest BCUT2D eigenvalue weighted by Crippen LogP contribution is -2.54. The molecule has 1 rings (SSSR count). The predicted octanol–water partition coefficient (Wildman–Crippen LogP) is -1.78. The smallest absolute Gasteiger partial charge is 0.183 e. The Morgan fingerprint density at radius 1 is 1.23 bits per heavy atom. The Bertz CT molecular complexity index is 181. The summed E-state index contributed by atoms with van der Waals surface area (Å²) in [6.45, 7) is 3.11. The molecule has 0 aromatic carbocycles. The van der Waals surface area contributed by atoms with Crippen molar-refractivity contribution in [3.8, 4) is 0 Å². The Morgan fingerprint density at radius 3 is 2.31 bits per heavy atom. The molecule has 0 aromatic rings. The van der Waals surface area contributed by atoms with E-state index in [9.17, 15) is 10.2 Å². The number of ether oxygens (including phenoxy) is 1. The highest BCUT2D eigenvalue weighted by Crippen LogP contribution is 2.25. The standard InChI is InChI=1S/C8H14O5/c1-2-4-5(3-9)13-8(12)7(11)6(4)10/h2,4-12H,1,3H2/t4-,5-,6+,7-,8-/m1/s1. The van der Waals surface area contributed by atoms with E-state index in [1.807, 2.05) is 0 Å². The molecule has 5 nitrogen and oxygen atoms in total. The molecule has 1 heterocycles. The molecule has 0 radical (unpaired) electrons. The molecular weight excluding hydrogens is 176 g/mol. The van der Waals surface area contributed by atoms with Gasteiger partial charge in [0, 0.05) is 5.92 Å². The summed E-state index contributed by atoms with van der Waals surface area (Å²) in [6, 6.07) is 0. The lowest BCUT2D eigenvalue weighted by atomic mass is 9.89. The summed E-state index contributed by atoms with van der Waals surface area (Å²) in [5, 5.41) is 36.6. The molecule has 76 valence electrons. The molecule has 0 spiro atoms. The van der Waals surface area contributed by atoms with Crippen LogP contribution in [0.4, 0.5) is 0 Å². The minimum Gasteiger partial charge on any atom is -0.394 e. The van der Waals surface area contributed by atoms with E-state index in [0.717, 1.165) is 0 Å². The maximum Gasteiger partial charge on any atom is 0.183 e. The molecule has 1 aliphatic heterocycles. The van der Waals surface area contributed by atoms with Gasteiger partial charge in [-0.15, -0.1) is 6.58 Å². The zero-order valence-electron chi connectivity index (χ0n) is 7.08. The number of aliphatic hydroxyl groups is 4. The first kappa shape index (κ1) is 10.6. The number of hydrogen-bond donors (Lipinski definition) is 4. The highest BCUT2D eigenvalue weighted by Gasteiger charge is 2.41. The van der Waals surface area contributed by atoms with Crippen LogP contribution in [0, 0.1) is 5.92 Å². The van der Waals surface area contributed by atoms with E-state index in [-0.39, 0.29) is 6.61 Å². The van der Waals surface area contributed by atoms with Gasteiger partial charge >= 0.3 is 0 Å². The first-order valence-electron chi connectivity index (χ1n) is 4.05. The number of rotatable bonds is 2. The molecule has 5 atom stereocenters. The van der Waals surface area contributed by atoms with Crippen molar-refractivity contribution in [3.05, 3.63) is 12.7 Å². The van der Waals surface area contributed by atoms with Gasteiger partial charge in [-0.3, -0.25) is 0 Å². The zero-order chi connectivity index (χ0) is 10.0. The fourth-order valence-electron chi connectivity index (χ4n) is 1.42. The van der Waals surface area contributed by atoms with Crippen LogP contribution >= 0.6 is 0 Å². The van der Waals surface area contributed by atoms with Crippen molar-refractivity contribution in [3.63, 3.8) is 0 Å². The quantitative estimate of drug-likeness (QED) is 0.386. The monoisotopic (exact) mass is 190 g/mol.